The lowest BCUT2D eigenvalue weighted by molar-refractivity contribution is 0.112. The minimum Gasteiger partial charge on any atom is -0.504 e. The molecule has 1 rings (SSSR count). The molecule has 0 aliphatic heterocycles. The Kier molecular flexibility index (Phi) is 5.30. The van der Waals surface area contributed by atoms with Crippen molar-refractivity contribution in [2.45, 2.75) is 6.92 Å². The topological polar surface area (TPSA) is 77.8 Å². The van der Waals surface area contributed by atoms with Gasteiger partial charge in [0.05, 0.1) is 0 Å². The highest BCUT2D eigenvalue weighted by Crippen LogP contribution is 2.23. The quantitative estimate of drug-likeness (QED) is 0.447. The van der Waals surface area contributed by atoms with Gasteiger partial charge in [-0.3, -0.25) is 4.79 Å². The molecule has 0 saturated carbocycles. The number of benzene rings is 1. The molecule has 0 unspecified atom stereocenters. The number of phenols is 2. The molecule has 0 atom stereocenters. The van der Waals surface area contributed by atoms with Crippen molar-refractivity contribution in [3.05, 3.63) is 23.8 Å². The first-order chi connectivity index (χ1) is 6.15. The van der Waals surface area contributed by atoms with E-state index >= 15 is 0 Å². The molecule has 0 amide bonds. The second kappa shape index (κ2) is 6.02. The van der Waals surface area contributed by atoms with E-state index in [-0.39, 0.29) is 18.1 Å². The van der Waals surface area contributed by atoms with Crippen LogP contribution in [0.5, 0.6) is 11.5 Å². The fourth-order valence-electron chi connectivity index (χ4n) is 0.614. The highest BCUT2D eigenvalue weighted by Gasteiger charge is 1.97. The maximum absolute atomic E-state index is 10.1. The summed E-state index contributed by atoms with van der Waals surface area (Å²) in [5, 5.41) is 25.2. The molecule has 0 saturated heterocycles. The fraction of sp³-hybridized carbons (Fsp3) is 0.222. The predicted octanol–water partition coefficient (Wildman–Crippen LogP) is 0.909. The third-order valence-electron chi connectivity index (χ3n) is 1.14. The summed E-state index contributed by atoms with van der Waals surface area (Å²) in [7, 11) is 0. The van der Waals surface area contributed by atoms with E-state index in [0.717, 1.165) is 0 Å². The molecule has 0 radical (unpaired) electrons. The summed E-state index contributed by atoms with van der Waals surface area (Å²) in [6.07, 6.45) is 0.596. The number of aliphatic hydroxyl groups is 1. The summed E-state index contributed by atoms with van der Waals surface area (Å²) in [4.78, 5) is 10.1. The first kappa shape index (κ1) is 11.4. The summed E-state index contributed by atoms with van der Waals surface area (Å²) in [5.74, 6) is -0.491. The van der Waals surface area contributed by atoms with Gasteiger partial charge in [-0.2, -0.15) is 0 Å². The summed E-state index contributed by atoms with van der Waals surface area (Å²) in [6.45, 7) is 1.93. The molecule has 72 valence electrons. The third kappa shape index (κ3) is 4.12. The Balaban J connectivity index is 0.000000424. The van der Waals surface area contributed by atoms with Crippen molar-refractivity contribution in [2.75, 3.05) is 6.61 Å². The maximum atomic E-state index is 10.1. The zero-order chi connectivity index (χ0) is 10.3. The third-order valence-corrected chi connectivity index (χ3v) is 1.14. The number of hydrogen-bond donors (Lipinski definition) is 3. The lowest BCUT2D eigenvalue weighted by atomic mass is 10.2. The van der Waals surface area contributed by atoms with Crippen molar-refractivity contribution in [3.8, 4) is 11.5 Å². The Labute approximate surface area is 76.1 Å². The molecule has 4 heteroatoms. The summed E-state index contributed by atoms with van der Waals surface area (Å²) < 4.78 is 0. The van der Waals surface area contributed by atoms with Crippen LogP contribution in [0.1, 0.15) is 17.3 Å². The Morgan fingerprint density at radius 3 is 2.23 bits per heavy atom. The van der Waals surface area contributed by atoms with Gasteiger partial charge < -0.3 is 15.3 Å². The molecule has 0 bridgehead atoms. The average Bonchev–Trinajstić information content (AvgIpc) is 2.11. The molecule has 4 nitrogen and oxygen atoms in total. The van der Waals surface area contributed by atoms with E-state index in [9.17, 15) is 4.79 Å². The van der Waals surface area contributed by atoms with Crippen LogP contribution in [0.2, 0.25) is 0 Å². The minimum atomic E-state index is -0.274. The number of hydrogen-bond acceptors (Lipinski definition) is 4. The van der Waals surface area contributed by atoms with Crippen LogP contribution in [0.3, 0.4) is 0 Å². The van der Waals surface area contributed by atoms with Crippen LogP contribution in [0.25, 0.3) is 0 Å². The van der Waals surface area contributed by atoms with Gasteiger partial charge in [-0.25, -0.2) is 0 Å². The summed E-state index contributed by atoms with van der Waals surface area (Å²) in [6, 6.07) is 3.88. The van der Waals surface area contributed by atoms with E-state index < -0.39 is 0 Å². The van der Waals surface area contributed by atoms with E-state index in [1.807, 2.05) is 0 Å². The zero-order valence-corrected chi connectivity index (χ0v) is 7.27. The van der Waals surface area contributed by atoms with Gasteiger partial charge in [-0.15, -0.1) is 0 Å². The van der Waals surface area contributed by atoms with Crippen LogP contribution in [0.15, 0.2) is 18.2 Å². The molecule has 0 heterocycles. The standard InChI is InChI=1S/C7H6O3.C2H6O/c8-4-5-1-2-6(9)7(10)3-5;1-2-3/h1-4,9-10H;3H,2H2,1H3. The highest BCUT2D eigenvalue weighted by atomic mass is 16.3. The van der Waals surface area contributed by atoms with Crippen molar-refractivity contribution in [3.63, 3.8) is 0 Å². The molecule has 0 aromatic heterocycles. The number of aldehydes is 1. The summed E-state index contributed by atoms with van der Waals surface area (Å²) >= 11 is 0. The molecule has 0 fully saturated rings. The molecule has 0 aliphatic rings. The van der Waals surface area contributed by atoms with Crippen LogP contribution in [-0.4, -0.2) is 28.2 Å². The number of carbonyl (C=O) groups excluding carboxylic acids is 1. The van der Waals surface area contributed by atoms with E-state index in [2.05, 4.69) is 0 Å². The minimum absolute atomic E-state index is 0.217. The molecule has 1 aromatic rings. The lowest BCUT2D eigenvalue weighted by Gasteiger charge is -1.95. The van der Waals surface area contributed by atoms with Crippen molar-refractivity contribution < 1.29 is 20.1 Å². The lowest BCUT2D eigenvalue weighted by Crippen LogP contribution is -1.77. The van der Waals surface area contributed by atoms with Crippen molar-refractivity contribution in [1.29, 1.82) is 0 Å². The van der Waals surface area contributed by atoms with Crippen LogP contribution < -0.4 is 0 Å². The normalized spacial score (nSPS) is 8.46. The van der Waals surface area contributed by atoms with Crippen LogP contribution in [0.4, 0.5) is 0 Å². The first-order valence-corrected chi connectivity index (χ1v) is 3.73. The second-order valence-electron chi connectivity index (χ2n) is 2.18. The van der Waals surface area contributed by atoms with Crippen LogP contribution in [-0.2, 0) is 0 Å². The Bertz CT molecular complexity index is 270. The van der Waals surface area contributed by atoms with Crippen LogP contribution >= 0.6 is 0 Å². The fourth-order valence-corrected chi connectivity index (χ4v) is 0.614. The molecule has 0 aliphatic carbocycles. The second-order valence-corrected chi connectivity index (χ2v) is 2.18. The molecular formula is C9H12O4. The van der Waals surface area contributed by atoms with Gasteiger partial charge in [0.1, 0.15) is 6.29 Å². The highest BCUT2D eigenvalue weighted by molar-refractivity contribution is 5.76. The monoisotopic (exact) mass is 184 g/mol. The van der Waals surface area contributed by atoms with E-state index in [4.69, 9.17) is 15.3 Å². The number of aliphatic hydroxyl groups excluding tert-OH is 1. The molecule has 3 N–H and O–H groups in total. The predicted molar refractivity (Wildman–Crippen MR) is 47.9 cm³/mol. The average molecular weight is 184 g/mol. The van der Waals surface area contributed by atoms with Gasteiger partial charge >= 0.3 is 0 Å². The number of rotatable bonds is 1. The van der Waals surface area contributed by atoms with E-state index in [1.54, 1.807) is 6.92 Å². The van der Waals surface area contributed by atoms with Gasteiger partial charge in [0.2, 0.25) is 0 Å². The number of carbonyl (C=O) groups is 1. The van der Waals surface area contributed by atoms with Crippen molar-refractivity contribution in [2.24, 2.45) is 0 Å². The maximum Gasteiger partial charge on any atom is 0.158 e. The Hall–Kier alpha value is -1.55. The largest absolute Gasteiger partial charge is 0.504 e. The van der Waals surface area contributed by atoms with Gasteiger partial charge in [0.15, 0.2) is 11.5 Å². The molecule has 0 spiro atoms. The molecular weight excluding hydrogens is 172 g/mol. The Morgan fingerprint density at radius 1 is 1.31 bits per heavy atom. The number of phenolic OH excluding ortho intramolecular Hbond substituents is 2. The van der Waals surface area contributed by atoms with Crippen molar-refractivity contribution in [1.82, 2.24) is 0 Å². The van der Waals surface area contributed by atoms with Gasteiger partial charge in [-0.05, 0) is 25.1 Å². The molecule has 13 heavy (non-hydrogen) atoms. The van der Waals surface area contributed by atoms with Crippen molar-refractivity contribution >= 4 is 6.29 Å². The molecule has 1 aromatic carbocycles. The zero-order valence-electron chi connectivity index (χ0n) is 7.27. The van der Waals surface area contributed by atoms with E-state index in [1.165, 1.54) is 18.2 Å². The van der Waals surface area contributed by atoms with Gasteiger partial charge in [-0.1, -0.05) is 0 Å². The van der Waals surface area contributed by atoms with Gasteiger partial charge in [0, 0.05) is 12.2 Å². The van der Waals surface area contributed by atoms with Gasteiger partial charge in [0.25, 0.3) is 0 Å². The summed E-state index contributed by atoms with van der Waals surface area (Å²) in [5.41, 5.74) is 0.343. The van der Waals surface area contributed by atoms with Crippen LogP contribution in [0, 0.1) is 0 Å². The van der Waals surface area contributed by atoms with E-state index in [0.29, 0.717) is 11.8 Å². The smallest absolute Gasteiger partial charge is 0.158 e. The first-order valence-electron chi connectivity index (χ1n) is 3.73. The Morgan fingerprint density at radius 2 is 1.85 bits per heavy atom. The number of aromatic hydroxyl groups is 2. The SMILES string of the molecule is CCO.O=Cc1ccc(O)c(O)c1.